The summed E-state index contributed by atoms with van der Waals surface area (Å²) in [6, 6.07) is 6.11. The van der Waals surface area contributed by atoms with Gasteiger partial charge in [0.05, 0.1) is 23.5 Å². The molecule has 2 aliphatic rings. The van der Waals surface area contributed by atoms with Crippen LogP contribution >= 0.6 is 0 Å². The number of methoxy groups -OCH3 is 2. The van der Waals surface area contributed by atoms with E-state index >= 15 is 0 Å². The Kier molecular flexibility index (Phi) is 6.65. The SMILES string of the molecule is COC(CN(C)S(=O)(=O)c1cccc(C(=O)N2CCC3(CC2)CN=C(N)N3)c1)OC. The molecule has 1 fully saturated rings. The van der Waals surface area contributed by atoms with E-state index in [-0.39, 0.29) is 22.9 Å². The van der Waals surface area contributed by atoms with Gasteiger partial charge in [0.25, 0.3) is 5.91 Å². The molecule has 2 heterocycles. The highest BCUT2D eigenvalue weighted by atomic mass is 32.2. The molecule has 0 aliphatic carbocycles. The van der Waals surface area contributed by atoms with Gasteiger partial charge in [0.15, 0.2) is 12.2 Å². The van der Waals surface area contributed by atoms with Crippen LogP contribution in [0.3, 0.4) is 0 Å². The van der Waals surface area contributed by atoms with E-state index < -0.39 is 16.3 Å². The van der Waals surface area contributed by atoms with Crippen molar-refractivity contribution < 1.29 is 22.7 Å². The second-order valence-electron chi connectivity index (χ2n) is 7.61. The van der Waals surface area contributed by atoms with Gasteiger partial charge in [0.1, 0.15) is 0 Å². The van der Waals surface area contributed by atoms with Crippen LogP contribution in [0.1, 0.15) is 23.2 Å². The summed E-state index contributed by atoms with van der Waals surface area (Å²) < 4.78 is 37.1. The number of nitrogens with one attached hydrogen (secondary N) is 1. The fraction of sp³-hybridized carbons (Fsp3) is 0.579. The highest BCUT2D eigenvalue weighted by Crippen LogP contribution is 2.27. The maximum absolute atomic E-state index is 13.0. The van der Waals surface area contributed by atoms with Crippen LogP contribution in [0.5, 0.6) is 0 Å². The Hall–Kier alpha value is -2.21. The van der Waals surface area contributed by atoms with E-state index in [0.717, 1.165) is 17.1 Å². The fourth-order valence-corrected chi connectivity index (χ4v) is 4.92. The van der Waals surface area contributed by atoms with Gasteiger partial charge >= 0.3 is 0 Å². The molecule has 3 N–H and O–H groups in total. The van der Waals surface area contributed by atoms with Crippen molar-refractivity contribution in [1.29, 1.82) is 0 Å². The van der Waals surface area contributed by atoms with Crippen molar-refractivity contribution in [2.24, 2.45) is 10.7 Å². The lowest BCUT2D eigenvalue weighted by Crippen LogP contribution is -2.55. The minimum absolute atomic E-state index is 0.0277. The van der Waals surface area contributed by atoms with Crippen LogP contribution in [0.15, 0.2) is 34.2 Å². The largest absolute Gasteiger partial charge is 0.370 e. The van der Waals surface area contributed by atoms with Crippen LogP contribution in [-0.4, -0.2) is 88.8 Å². The van der Waals surface area contributed by atoms with Crippen molar-refractivity contribution >= 4 is 21.9 Å². The number of hydrogen-bond donors (Lipinski definition) is 2. The molecule has 166 valence electrons. The molecule has 2 aliphatic heterocycles. The van der Waals surface area contributed by atoms with E-state index in [9.17, 15) is 13.2 Å². The van der Waals surface area contributed by atoms with Gasteiger partial charge in [0, 0.05) is 39.9 Å². The van der Waals surface area contributed by atoms with Gasteiger partial charge in [-0.25, -0.2) is 8.42 Å². The number of ether oxygens (including phenoxy) is 2. The summed E-state index contributed by atoms with van der Waals surface area (Å²) in [4.78, 5) is 19.0. The predicted octanol–water partition coefficient (Wildman–Crippen LogP) is -0.181. The molecular weight excluding hydrogens is 410 g/mol. The van der Waals surface area contributed by atoms with E-state index in [1.807, 2.05) is 0 Å². The molecule has 0 radical (unpaired) electrons. The number of hydrogen-bond acceptors (Lipinski definition) is 8. The second kappa shape index (κ2) is 8.88. The molecule has 1 aromatic carbocycles. The number of sulfonamides is 1. The van der Waals surface area contributed by atoms with E-state index in [4.69, 9.17) is 15.2 Å². The van der Waals surface area contributed by atoms with E-state index in [1.54, 1.807) is 17.0 Å². The molecule has 0 atom stereocenters. The van der Waals surface area contributed by atoms with E-state index in [2.05, 4.69) is 10.3 Å². The van der Waals surface area contributed by atoms with Crippen molar-refractivity contribution in [3.8, 4) is 0 Å². The third-order valence-electron chi connectivity index (χ3n) is 5.67. The quantitative estimate of drug-likeness (QED) is 0.564. The smallest absolute Gasteiger partial charge is 0.253 e. The maximum Gasteiger partial charge on any atom is 0.253 e. The molecule has 30 heavy (non-hydrogen) atoms. The standard InChI is InChI=1S/C19H29N5O5S/c1-23(12-16(28-2)29-3)30(26,27)15-6-4-5-14(11-15)17(25)24-9-7-19(8-10-24)13-21-18(20)22-19/h4-6,11,16H,7-10,12-13H2,1-3H3,(H3,20,21,22). The number of amides is 1. The molecular formula is C19H29N5O5S. The topological polar surface area (TPSA) is 127 Å². The average Bonchev–Trinajstić information content (AvgIpc) is 3.11. The molecule has 10 nitrogen and oxygen atoms in total. The van der Waals surface area contributed by atoms with Gasteiger partial charge in [-0.1, -0.05) is 6.07 Å². The molecule has 1 aromatic rings. The number of nitrogens with zero attached hydrogens (tertiary/aromatic N) is 3. The Bertz CT molecular complexity index is 908. The van der Waals surface area contributed by atoms with Crippen LogP contribution in [0, 0.1) is 0 Å². The minimum Gasteiger partial charge on any atom is -0.370 e. The number of likely N-dealkylation sites (N-methyl/N-ethyl adjacent to an activating group) is 1. The van der Waals surface area contributed by atoms with Crippen LogP contribution in [0.4, 0.5) is 0 Å². The van der Waals surface area contributed by atoms with Crippen molar-refractivity contribution in [2.75, 3.05) is 47.4 Å². The Balaban J connectivity index is 1.70. The van der Waals surface area contributed by atoms with Gasteiger partial charge < -0.3 is 25.4 Å². The molecule has 1 saturated heterocycles. The Morgan fingerprint density at radius 3 is 2.57 bits per heavy atom. The first-order valence-corrected chi connectivity index (χ1v) is 11.1. The number of carbonyl (C=O) groups is 1. The Morgan fingerprint density at radius 2 is 2.00 bits per heavy atom. The van der Waals surface area contributed by atoms with E-state index in [0.29, 0.717) is 31.2 Å². The lowest BCUT2D eigenvalue weighted by molar-refractivity contribution is -0.106. The molecule has 11 heteroatoms. The molecule has 0 saturated carbocycles. The van der Waals surface area contributed by atoms with Gasteiger partial charge in [-0.3, -0.25) is 9.79 Å². The third kappa shape index (κ3) is 4.59. The number of nitrogens with two attached hydrogens (primary N) is 1. The summed E-state index contributed by atoms with van der Waals surface area (Å²) in [5, 5.41) is 3.22. The van der Waals surface area contributed by atoms with Crippen LogP contribution in [0.25, 0.3) is 0 Å². The summed E-state index contributed by atoms with van der Waals surface area (Å²) in [6.07, 6.45) is 0.788. The average molecular weight is 440 g/mol. The van der Waals surface area contributed by atoms with Crippen LogP contribution < -0.4 is 11.1 Å². The first-order valence-electron chi connectivity index (χ1n) is 9.70. The summed E-state index contributed by atoms with van der Waals surface area (Å²) in [7, 11) is 0.529. The lowest BCUT2D eigenvalue weighted by atomic mass is 9.88. The zero-order chi connectivity index (χ0) is 21.9. The monoisotopic (exact) mass is 439 g/mol. The second-order valence-corrected chi connectivity index (χ2v) is 9.66. The third-order valence-corrected chi connectivity index (χ3v) is 7.49. The first-order chi connectivity index (χ1) is 14.2. The number of carbonyl (C=O) groups excluding carboxylic acids is 1. The zero-order valence-corrected chi connectivity index (χ0v) is 18.3. The van der Waals surface area contributed by atoms with Gasteiger partial charge in [-0.15, -0.1) is 0 Å². The van der Waals surface area contributed by atoms with Crippen molar-refractivity contribution in [2.45, 2.75) is 29.6 Å². The first kappa shape index (κ1) is 22.5. The molecule has 0 bridgehead atoms. The molecule has 1 spiro atoms. The van der Waals surface area contributed by atoms with Crippen molar-refractivity contribution in [1.82, 2.24) is 14.5 Å². The summed E-state index contributed by atoms with van der Waals surface area (Å²) in [5.74, 6) is 0.254. The lowest BCUT2D eigenvalue weighted by Gasteiger charge is -2.39. The number of guanidine groups is 1. The van der Waals surface area contributed by atoms with Gasteiger partial charge in [-0.05, 0) is 31.0 Å². The molecule has 0 unspecified atom stereocenters. The Morgan fingerprint density at radius 1 is 1.33 bits per heavy atom. The normalized spacial score (nSPS) is 18.7. The number of benzene rings is 1. The minimum atomic E-state index is -3.80. The predicted molar refractivity (Wildman–Crippen MR) is 112 cm³/mol. The van der Waals surface area contributed by atoms with E-state index in [1.165, 1.54) is 33.4 Å². The van der Waals surface area contributed by atoms with Crippen molar-refractivity contribution in [3.05, 3.63) is 29.8 Å². The highest BCUT2D eigenvalue weighted by molar-refractivity contribution is 7.89. The van der Waals surface area contributed by atoms with Crippen LogP contribution in [-0.2, 0) is 19.5 Å². The van der Waals surface area contributed by atoms with Gasteiger partial charge in [-0.2, -0.15) is 4.31 Å². The number of piperidine rings is 1. The van der Waals surface area contributed by atoms with Crippen molar-refractivity contribution in [3.63, 3.8) is 0 Å². The number of rotatable bonds is 7. The van der Waals surface area contributed by atoms with Gasteiger partial charge in [0.2, 0.25) is 10.0 Å². The summed E-state index contributed by atoms with van der Waals surface area (Å²) in [6.45, 7) is 1.74. The Labute approximate surface area is 177 Å². The maximum atomic E-state index is 13.0. The number of aliphatic imine (C=N–C) groups is 1. The molecule has 3 rings (SSSR count). The fourth-order valence-electron chi connectivity index (χ4n) is 3.71. The molecule has 1 amide bonds. The zero-order valence-electron chi connectivity index (χ0n) is 17.5. The molecule has 0 aromatic heterocycles. The summed E-state index contributed by atoms with van der Waals surface area (Å²) in [5.41, 5.74) is 5.90. The highest BCUT2D eigenvalue weighted by Gasteiger charge is 2.39. The number of likely N-dealkylation sites (tertiary alicyclic amines) is 1. The summed E-state index contributed by atoms with van der Waals surface area (Å²) >= 11 is 0. The van der Waals surface area contributed by atoms with Crippen LogP contribution in [0.2, 0.25) is 0 Å².